The molecule has 2 amide bonds. The zero-order valence-corrected chi connectivity index (χ0v) is 19.1. The van der Waals surface area contributed by atoms with Crippen molar-refractivity contribution in [3.05, 3.63) is 40.4 Å². The Balaban J connectivity index is 1.66. The molecule has 3 heterocycles. The van der Waals surface area contributed by atoms with Gasteiger partial charge in [-0.05, 0) is 43.9 Å². The highest BCUT2D eigenvalue weighted by Crippen LogP contribution is 2.69. The minimum absolute atomic E-state index is 0.170. The van der Waals surface area contributed by atoms with Crippen molar-refractivity contribution in [3.8, 4) is 0 Å². The summed E-state index contributed by atoms with van der Waals surface area (Å²) in [5.74, 6) is -1.39. The molecule has 6 heteroatoms. The van der Waals surface area contributed by atoms with Crippen LogP contribution in [0.2, 0.25) is 0 Å². The predicted molar refractivity (Wildman–Crippen MR) is 118 cm³/mol. The zero-order valence-electron chi connectivity index (χ0n) is 16.7. The van der Waals surface area contributed by atoms with E-state index in [1.54, 1.807) is 0 Å². The Morgan fingerprint density at radius 1 is 0.966 bits per heavy atom. The lowest BCUT2D eigenvalue weighted by Gasteiger charge is -2.34. The molecule has 5 rings (SSSR count). The minimum Gasteiger partial charge on any atom is -0.274 e. The first-order valence-corrected chi connectivity index (χ1v) is 12.6. The van der Waals surface area contributed by atoms with Crippen LogP contribution in [0.25, 0.3) is 0 Å². The van der Waals surface area contributed by atoms with Gasteiger partial charge in [-0.2, -0.15) is 0 Å². The molecule has 2 fully saturated rings. The molecule has 0 aromatic heterocycles. The highest BCUT2D eigenvalue weighted by atomic mass is 79.9. The third kappa shape index (κ3) is 2.39. The maximum atomic E-state index is 14.0. The Morgan fingerprint density at radius 2 is 1.59 bits per heavy atom. The summed E-state index contributed by atoms with van der Waals surface area (Å²) in [6, 6.07) is 9.20. The molecule has 1 aliphatic carbocycles. The molecule has 154 valence electrons. The molecule has 4 aliphatic rings. The van der Waals surface area contributed by atoms with Crippen molar-refractivity contribution in [3.63, 3.8) is 0 Å². The second kappa shape index (κ2) is 6.88. The van der Waals surface area contributed by atoms with Crippen LogP contribution in [0.15, 0.2) is 40.4 Å². The number of carbonyl (C=O) groups is 2. The Morgan fingerprint density at radius 3 is 2.31 bits per heavy atom. The predicted octanol–water partition coefficient (Wildman–Crippen LogP) is 4.85. The van der Waals surface area contributed by atoms with Crippen LogP contribution in [0.4, 0.5) is 5.69 Å². The van der Waals surface area contributed by atoms with E-state index < -0.39 is 32.1 Å². The van der Waals surface area contributed by atoms with Gasteiger partial charge >= 0.3 is 0 Å². The number of hydrogen-bond acceptors (Lipinski definition) is 3. The number of hydrogen-bond donors (Lipinski definition) is 0. The molecule has 0 radical (unpaired) electrons. The summed E-state index contributed by atoms with van der Waals surface area (Å²) in [7, 11) is -1.28. The Bertz CT molecular complexity index is 945. The SMILES string of the molecule is CC12C3=C(Br)C(CCCCCCCC3)(C3C(=O)N(c4ccccc4)C(=O)C31)S2=O. The van der Waals surface area contributed by atoms with Crippen LogP contribution in [0, 0.1) is 11.8 Å². The summed E-state index contributed by atoms with van der Waals surface area (Å²) in [5.41, 5.74) is 1.76. The summed E-state index contributed by atoms with van der Waals surface area (Å²) in [4.78, 5) is 28.7. The molecular weight excluding hydrogens is 450 g/mol. The Labute approximate surface area is 182 Å². The molecule has 3 aliphatic heterocycles. The van der Waals surface area contributed by atoms with Crippen LogP contribution in [0.1, 0.15) is 58.3 Å². The number of para-hydroxylation sites is 1. The molecule has 1 aromatic rings. The van der Waals surface area contributed by atoms with Crippen molar-refractivity contribution in [2.24, 2.45) is 11.8 Å². The third-order valence-corrected chi connectivity index (χ3v) is 11.6. The van der Waals surface area contributed by atoms with Crippen molar-refractivity contribution < 1.29 is 13.8 Å². The molecule has 0 saturated carbocycles. The van der Waals surface area contributed by atoms with Crippen LogP contribution in [-0.4, -0.2) is 25.5 Å². The summed E-state index contributed by atoms with van der Waals surface area (Å²) in [6.07, 6.45) is 8.23. The van der Waals surface area contributed by atoms with E-state index in [0.717, 1.165) is 42.2 Å². The maximum absolute atomic E-state index is 14.0. The highest BCUT2D eigenvalue weighted by Gasteiger charge is 2.79. The van der Waals surface area contributed by atoms with Crippen molar-refractivity contribution in [2.75, 3.05) is 4.90 Å². The lowest BCUT2D eigenvalue weighted by Crippen LogP contribution is -2.43. The number of fused-ring (bicyclic) bond motifs is 4. The maximum Gasteiger partial charge on any atom is 0.239 e. The van der Waals surface area contributed by atoms with Crippen molar-refractivity contribution in [1.82, 2.24) is 0 Å². The van der Waals surface area contributed by atoms with Gasteiger partial charge in [-0.15, -0.1) is 0 Å². The summed E-state index contributed by atoms with van der Waals surface area (Å²) >= 11 is 3.84. The van der Waals surface area contributed by atoms with Gasteiger partial charge in [0, 0.05) is 15.3 Å². The monoisotopic (exact) mass is 475 g/mol. The highest BCUT2D eigenvalue weighted by molar-refractivity contribution is 9.12. The average Bonchev–Trinajstić information content (AvgIpc) is 3.15. The number of nitrogens with zero attached hydrogens (tertiary/aromatic N) is 1. The normalized spacial score (nSPS) is 39.7. The molecule has 5 unspecified atom stereocenters. The van der Waals surface area contributed by atoms with Gasteiger partial charge in [0.15, 0.2) is 0 Å². The van der Waals surface area contributed by atoms with Gasteiger partial charge in [0.05, 0.1) is 27.0 Å². The Kier molecular flexibility index (Phi) is 4.67. The fourth-order valence-electron chi connectivity index (χ4n) is 6.24. The first-order chi connectivity index (χ1) is 14.0. The molecule has 4 nitrogen and oxygen atoms in total. The zero-order chi connectivity index (χ0) is 20.4. The Hall–Kier alpha value is -1.27. The molecule has 3 bridgehead atoms. The average molecular weight is 476 g/mol. The third-order valence-electron chi connectivity index (χ3n) is 7.59. The number of imide groups is 1. The van der Waals surface area contributed by atoms with E-state index in [1.165, 1.54) is 17.7 Å². The first-order valence-electron chi connectivity index (χ1n) is 10.7. The van der Waals surface area contributed by atoms with Crippen LogP contribution in [0.5, 0.6) is 0 Å². The second-order valence-electron chi connectivity index (χ2n) is 8.98. The van der Waals surface area contributed by atoms with Gasteiger partial charge < -0.3 is 0 Å². The lowest BCUT2D eigenvalue weighted by atomic mass is 9.67. The second-order valence-corrected chi connectivity index (χ2v) is 11.9. The molecular formula is C23H26BrNO3S. The van der Waals surface area contributed by atoms with Crippen molar-refractivity contribution >= 4 is 44.2 Å². The van der Waals surface area contributed by atoms with E-state index in [0.29, 0.717) is 12.1 Å². The van der Waals surface area contributed by atoms with E-state index in [9.17, 15) is 13.8 Å². The number of rotatable bonds is 1. The molecule has 1 spiro atoms. The molecule has 1 aromatic carbocycles. The molecule has 5 atom stereocenters. The number of anilines is 1. The number of halogens is 1. The summed E-state index contributed by atoms with van der Waals surface area (Å²) in [6.45, 7) is 1.98. The van der Waals surface area contributed by atoms with Crippen molar-refractivity contribution in [1.29, 1.82) is 0 Å². The first kappa shape index (κ1) is 19.7. The number of amides is 2. The minimum atomic E-state index is -1.28. The van der Waals surface area contributed by atoms with Crippen LogP contribution >= 0.6 is 15.9 Å². The van der Waals surface area contributed by atoms with E-state index in [-0.39, 0.29) is 11.8 Å². The van der Waals surface area contributed by atoms with Gasteiger partial charge in [0.2, 0.25) is 11.8 Å². The number of benzene rings is 1. The largest absolute Gasteiger partial charge is 0.274 e. The smallest absolute Gasteiger partial charge is 0.239 e. The molecule has 2 saturated heterocycles. The van der Waals surface area contributed by atoms with E-state index in [1.807, 2.05) is 37.3 Å². The van der Waals surface area contributed by atoms with E-state index >= 15 is 0 Å². The van der Waals surface area contributed by atoms with Gasteiger partial charge in [-0.25, -0.2) is 4.90 Å². The molecule has 0 N–H and O–H groups in total. The summed E-state index contributed by atoms with van der Waals surface area (Å²) < 4.78 is 13.5. The van der Waals surface area contributed by atoms with Gasteiger partial charge in [-0.3, -0.25) is 13.8 Å². The van der Waals surface area contributed by atoms with Crippen molar-refractivity contribution in [2.45, 2.75) is 67.8 Å². The fourth-order valence-corrected chi connectivity index (χ4v) is 10.6. The lowest BCUT2D eigenvalue weighted by molar-refractivity contribution is -0.122. The van der Waals surface area contributed by atoms with Crippen LogP contribution in [-0.2, 0) is 20.4 Å². The topological polar surface area (TPSA) is 54.5 Å². The van der Waals surface area contributed by atoms with E-state index in [4.69, 9.17) is 0 Å². The van der Waals surface area contributed by atoms with Crippen LogP contribution in [0.3, 0.4) is 0 Å². The van der Waals surface area contributed by atoms with Crippen LogP contribution < -0.4 is 4.90 Å². The van der Waals surface area contributed by atoms with Gasteiger partial charge in [0.1, 0.15) is 0 Å². The quantitative estimate of drug-likeness (QED) is 0.545. The molecule has 29 heavy (non-hydrogen) atoms. The van der Waals surface area contributed by atoms with Gasteiger partial charge in [-0.1, -0.05) is 66.2 Å². The van der Waals surface area contributed by atoms with Gasteiger partial charge in [0.25, 0.3) is 0 Å². The summed E-state index contributed by atoms with van der Waals surface area (Å²) in [5, 5.41) is 0. The van der Waals surface area contributed by atoms with E-state index in [2.05, 4.69) is 15.9 Å². The standard InChI is InChI=1S/C23H26BrNO3S/c1-22-16-13-9-4-2-3-5-10-14-23(19(16)24,29(22)28)18-17(22)20(26)25(21(18)27)15-11-7-6-8-12-15/h6-8,11-12,17-18H,2-5,9-10,13-14H2,1H3. The fraction of sp³-hybridized carbons (Fsp3) is 0.565. The number of carbonyl (C=O) groups excluding carboxylic acids is 2.